The Morgan fingerprint density at radius 3 is 3.14 bits per heavy atom. The Morgan fingerprint density at radius 1 is 1.57 bits per heavy atom. The number of amides is 1. The van der Waals surface area contributed by atoms with Gasteiger partial charge in [-0.3, -0.25) is 4.79 Å². The lowest BCUT2D eigenvalue weighted by Crippen LogP contribution is -2.35. The average Bonchev–Trinajstić information content (AvgIpc) is 3.17. The van der Waals surface area contributed by atoms with Crippen LogP contribution < -0.4 is 0 Å². The second kappa shape index (κ2) is 4.17. The molecule has 2 fully saturated rings. The molecule has 4 atom stereocenters. The molecule has 108 valence electrons. The quantitative estimate of drug-likeness (QED) is 0.753. The summed E-state index contributed by atoms with van der Waals surface area (Å²) in [5.74, 6) is 2.05. The van der Waals surface area contributed by atoms with Gasteiger partial charge in [0.1, 0.15) is 18.9 Å². The van der Waals surface area contributed by atoms with Gasteiger partial charge < -0.3 is 4.90 Å². The van der Waals surface area contributed by atoms with Gasteiger partial charge in [0.25, 0.3) is 5.82 Å². The number of hydrogen-bond acceptors (Lipinski definition) is 4. The lowest BCUT2D eigenvalue weighted by molar-refractivity contribution is -0.131. The molecule has 0 aromatic carbocycles. The Hall–Kier alpha value is -2.16. The van der Waals surface area contributed by atoms with Gasteiger partial charge in [0, 0.05) is 13.1 Å². The molecular weight excluding hydrogens is 266 g/mol. The van der Waals surface area contributed by atoms with Crippen LogP contribution in [0.3, 0.4) is 0 Å². The van der Waals surface area contributed by atoms with E-state index in [1.165, 1.54) is 17.4 Å². The lowest BCUT2D eigenvalue weighted by Gasteiger charge is -2.31. The Balaban J connectivity index is 1.47. The predicted octanol–water partition coefficient (Wildman–Crippen LogP) is 0.820. The van der Waals surface area contributed by atoms with Gasteiger partial charge in [-0.2, -0.15) is 5.26 Å². The van der Waals surface area contributed by atoms with Crippen LogP contribution in [0.4, 0.5) is 0 Å². The summed E-state index contributed by atoms with van der Waals surface area (Å²) in [6.07, 6.45) is 7.38. The van der Waals surface area contributed by atoms with Crippen LogP contribution in [0.2, 0.25) is 0 Å². The van der Waals surface area contributed by atoms with Gasteiger partial charge in [0.05, 0.1) is 0 Å². The fourth-order valence-corrected chi connectivity index (χ4v) is 4.42. The van der Waals surface area contributed by atoms with E-state index < -0.39 is 0 Å². The highest BCUT2D eigenvalue weighted by Crippen LogP contribution is 2.59. The van der Waals surface area contributed by atoms with Crippen molar-refractivity contribution in [3.63, 3.8) is 0 Å². The number of allylic oxidation sites excluding steroid dienone is 2. The summed E-state index contributed by atoms with van der Waals surface area (Å²) in [4.78, 5) is 18.2. The summed E-state index contributed by atoms with van der Waals surface area (Å²) in [5.41, 5.74) is 0.245. The monoisotopic (exact) mass is 283 g/mol. The van der Waals surface area contributed by atoms with E-state index in [0.29, 0.717) is 17.8 Å². The Morgan fingerprint density at radius 2 is 2.43 bits per heavy atom. The third-order valence-corrected chi connectivity index (χ3v) is 5.56. The number of nitriles is 1. The van der Waals surface area contributed by atoms with E-state index in [0.717, 1.165) is 13.1 Å². The number of nitrogens with zero attached hydrogens (tertiary/aromatic N) is 5. The first-order valence-electron chi connectivity index (χ1n) is 7.36. The topological polar surface area (TPSA) is 74.8 Å². The minimum atomic E-state index is 0.0689. The van der Waals surface area contributed by atoms with E-state index in [1.807, 2.05) is 11.0 Å². The minimum absolute atomic E-state index is 0.0689. The molecule has 21 heavy (non-hydrogen) atoms. The number of aromatic nitrogens is 3. The van der Waals surface area contributed by atoms with Crippen molar-refractivity contribution in [2.24, 2.45) is 23.2 Å². The standard InChI is InChI=1S/C15H17N5O/c1-15-8-19(6-12(15)10-2-3-11(15)4-10)14(21)7-20-9-17-13(5-16)18-20/h2-3,9-12H,4,6-8H2,1H3/t10-,11+,12?,15+/m1/s1. The van der Waals surface area contributed by atoms with E-state index in [2.05, 4.69) is 29.2 Å². The Labute approximate surface area is 123 Å². The summed E-state index contributed by atoms with van der Waals surface area (Å²) >= 11 is 0. The van der Waals surface area contributed by atoms with Gasteiger partial charge in [0.15, 0.2) is 0 Å². The van der Waals surface area contributed by atoms with Crippen molar-refractivity contribution in [3.05, 3.63) is 24.3 Å². The van der Waals surface area contributed by atoms with E-state index in [4.69, 9.17) is 5.26 Å². The zero-order chi connectivity index (χ0) is 14.6. The number of carbonyl (C=O) groups is 1. The number of hydrogen-bond donors (Lipinski definition) is 0. The zero-order valence-electron chi connectivity index (χ0n) is 11.9. The van der Waals surface area contributed by atoms with Gasteiger partial charge in [-0.05, 0) is 29.6 Å². The van der Waals surface area contributed by atoms with E-state index >= 15 is 0 Å². The van der Waals surface area contributed by atoms with E-state index in [1.54, 1.807) is 0 Å². The first-order valence-corrected chi connectivity index (χ1v) is 7.36. The maximum absolute atomic E-state index is 12.5. The summed E-state index contributed by atoms with van der Waals surface area (Å²) in [7, 11) is 0. The van der Waals surface area contributed by atoms with E-state index in [9.17, 15) is 4.79 Å². The Kier molecular flexibility index (Phi) is 2.49. The highest BCUT2D eigenvalue weighted by Gasteiger charge is 2.57. The molecule has 1 unspecified atom stereocenters. The zero-order valence-corrected chi connectivity index (χ0v) is 11.9. The van der Waals surface area contributed by atoms with Crippen LogP contribution in [0.5, 0.6) is 0 Å². The van der Waals surface area contributed by atoms with Crippen molar-refractivity contribution in [2.75, 3.05) is 13.1 Å². The molecule has 1 aliphatic heterocycles. The van der Waals surface area contributed by atoms with Crippen LogP contribution in [0.1, 0.15) is 19.2 Å². The minimum Gasteiger partial charge on any atom is -0.340 e. The molecule has 0 radical (unpaired) electrons. The predicted molar refractivity (Wildman–Crippen MR) is 73.7 cm³/mol. The second-order valence-corrected chi connectivity index (χ2v) is 6.66. The molecule has 3 aliphatic rings. The first-order chi connectivity index (χ1) is 10.1. The number of carbonyl (C=O) groups excluding carboxylic acids is 1. The summed E-state index contributed by atoms with van der Waals surface area (Å²) < 4.78 is 1.45. The van der Waals surface area contributed by atoms with Crippen LogP contribution in [0.15, 0.2) is 18.5 Å². The van der Waals surface area contributed by atoms with Crippen LogP contribution in [0.25, 0.3) is 0 Å². The highest BCUT2D eigenvalue weighted by atomic mass is 16.2. The average molecular weight is 283 g/mol. The third kappa shape index (κ3) is 1.73. The van der Waals surface area contributed by atoms with Crippen molar-refractivity contribution >= 4 is 5.91 Å². The van der Waals surface area contributed by atoms with Gasteiger partial charge in [-0.15, -0.1) is 5.10 Å². The van der Waals surface area contributed by atoms with E-state index in [-0.39, 0.29) is 23.7 Å². The van der Waals surface area contributed by atoms with Crippen LogP contribution in [-0.2, 0) is 11.3 Å². The number of likely N-dealkylation sites (tertiary alicyclic amines) is 1. The van der Waals surface area contributed by atoms with Crippen molar-refractivity contribution in [3.8, 4) is 6.07 Å². The smallest absolute Gasteiger partial charge is 0.252 e. The molecule has 1 aromatic heterocycles. The van der Waals surface area contributed by atoms with Gasteiger partial charge in [-0.25, -0.2) is 9.67 Å². The molecule has 0 N–H and O–H groups in total. The van der Waals surface area contributed by atoms with Gasteiger partial charge in [-0.1, -0.05) is 19.1 Å². The molecule has 1 aromatic rings. The number of rotatable bonds is 2. The van der Waals surface area contributed by atoms with Crippen LogP contribution in [0, 0.1) is 34.5 Å². The number of fused-ring (bicyclic) bond motifs is 5. The van der Waals surface area contributed by atoms with Crippen molar-refractivity contribution in [1.82, 2.24) is 19.7 Å². The van der Waals surface area contributed by atoms with Crippen molar-refractivity contribution in [1.29, 1.82) is 5.26 Å². The molecule has 1 saturated carbocycles. The normalized spacial score (nSPS) is 36.0. The molecule has 0 spiro atoms. The summed E-state index contributed by atoms with van der Waals surface area (Å²) in [6.45, 7) is 4.17. The summed E-state index contributed by atoms with van der Waals surface area (Å²) in [5, 5.41) is 12.7. The molecule has 2 aliphatic carbocycles. The SMILES string of the molecule is C[C@@]12CN(C(=O)Cn3cnc(C#N)n3)CC1[C@@H]1C=C[C@H]2C1. The fraction of sp³-hybridized carbons (Fsp3) is 0.600. The van der Waals surface area contributed by atoms with Crippen molar-refractivity contribution in [2.45, 2.75) is 19.9 Å². The first kappa shape index (κ1) is 12.6. The molecule has 4 rings (SSSR count). The molecule has 6 nitrogen and oxygen atoms in total. The van der Waals surface area contributed by atoms with Crippen LogP contribution >= 0.6 is 0 Å². The maximum atomic E-state index is 12.5. The maximum Gasteiger partial charge on any atom is 0.252 e. The molecule has 6 heteroatoms. The lowest BCUT2D eigenvalue weighted by atomic mass is 9.72. The Bertz CT molecular complexity index is 672. The molecular formula is C15H17N5O. The largest absolute Gasteiger partial charge is 0.340 e. The molecule has 1 amide bonds. The third-order valence-electron chi connectivity index (χ3n) is 5.56. The highest BCUT2D eigenvalue weighted by molar-refractivity contribution is 5.76. The molecule has 1 saturated heterocycles. The summed E-state index contributed by atoms with van der Waals surface area (Å²) in [6, 6.07) is 1.87. The molecule has 2 bridgehead atoms. The second-order valence-electron chi connectivity index (χ2n) is 6.66. The molecule has 2 heterocycles. The van der Waals surface area contributed by atoms with Crippen molar-refractivity contribution < 1.29 is 4.79 Å². The fourth-order valence-electron chi connectivity index (χ4n) is 4.42. The van der Waals surface area contributed by atoms with Gasteiger partial charge >= 0.3 is 0 Å². The van der Waals surface area contributed by atoms with Crippen LogP contribution in [-0.4, -0.2) is 38.7 Å². The van der Waals surface area contributed by atoms with Gasteiger partial charge in [0.2, 0.25) is 5.91 Å².